The number of hydrogen-bond acceptors (Lipinski definition) is 4. The van der Waals surface area contributed by atoms with Crippen molar-refractivity contribution in [2.75, 3.05) is 7.11 Å². The Morgan fingerprint density at radius 3 is 2.15 bits per heavy atom. The molecule has 0 aromatic carbocycles. The summed E-state index contributed by atoms with van der Waals surface area (Å²) in [5.74, 6) is 5.39. The molecule has 5 aliphatic carbocycles. The molecule has 0 spiro atoms. The molecule has 3 unspecified atom stereocenters. The Balaban J connectivity index is 0.00000189. The Bertz CT molecular complexity index is 1050. The van der Waals surface area contributed by atoms with Crippen LogP contribution in [0, 0.1) is 68.5 Å². The lowest BCUT2D eigenvalue weighted by molar-refractivity contribution is -0.245. The highest BCUT2D eigenvalue weighted by atomic mass is 16.5. The number of ether oxygens (including phenoxy) is 2. The van der Waals surface area contributed by atoms with Crippen molar-refractivity contribution in [2.24, 2.45) is 56.2 Å². The van der Waals surface area contributed by atoms with Gasteiger partial charge in [0, 0.05) is 10.8 Å². The first-order valence-electron chi connectivity index (χ1n) is 16.9. The van der Waals surface area contributed by atoms with Crippen LogP contribution in [0.4, 0.5) is 0 Å². The van der Waals surface area contributed by atoms with Gasteiger partial charge in [-0.15, -0.1) is 6.42 Å². The number of fused-ring (bicyclic) bond motifs is 7. The summed E-state index contributed by atoms with van der Waals surface area (Å²) in [6.07, 6.45) is 19.7. The number of methoxy groups -OCH3 is 1. The standard InChI is InChI=1S/C35H54O4.C2H6/c1-10-35-17-11-12-24(35)23-13-14-26-32(6)18-16-27(39-28(36)22-30(2,3)29(37)38-9)31(4,5)25(32)15-19-34(26,8)33(23,7)20-21-35;1-2/h1,23-27H,11-22H2,2-9H3;1-2H3/t23?,24-,25?,26?,27+,32+,33-,34-,35-;/m1./s1. The zero-order valence-electron chi connectivity index (χ0n) is 28.1. The number of esters is 2. The fourth-order valence-corrected chi connectivity index (χ4v) is 11.9. The van der Waals surface area contributed by atoms with E-state index in [9.17, 15) is 9.59 Å². The van der Waals surface area contributed by atoms with Gasteiger partial charge in [-0.1, -0.05) is 60.8 Å². The smallest absolute Gasteiger partial charge is 0.311 e. The Kier molecular flexibility index (Phi) is 8.61. The van der Waals surface area contributed by atoms with Crippen LogP contribution in [0.3, 0.4) is 0 Å². The SMILES string of the molecule is C#C[C@]12CCC[C@@H]1C1CCC3[C@@]4(C)CC[C@H](OC(=O)CC(C)(C)C(=O)OC)C(C)(C)C4CC[C@@]3(C)[C@]1(C)CC2.CC. The highest BCUT2D eigenvalue weighted by Gasteiger charge is 2.70. The van der Waals surface area contributed by atoms with Crippen LogP contribution in [0.2, 0.25) is 0 Å². The number of rotatable bonds is 4. The first kappa shape index (κ1) is 32.4. The molecule has 0 radical (unpaired) electrons. The summed E-state index contributed by atoms with van der Waals surface area (Å²) < 4.78 is 11.1. The van der Waals surface area contributed by atoms with Gasteiger partial charge in [-0.2, -0.15) is 0 Å². The quantitative estimate of drug-likeness (QED) is 0.251. The molecule has 41 heavy (non-hydrogen) atoms. The molecule has 5 rings (SSSR count). The molecule has 0 amide bonds. The highest BCUT2D eigenvalue weighted by molar-refractivity contribution is 5.82. The van der Waals surface area contributed by atoms with E-state index in [2.05, 4.69) is 40.5 Å². The van der Waals surface area contributed by atoms with Gasteiger partial charge in [0.2, 0.25) is 0 Å². The molecule has 5 saturated carbocycles. The minimum atomic E-state index is -0.879. The van der Waals surface area contributed by atoms with Crippen molar-refractivity contribution >= 4 is 11.9 Å². The molecule has 0 N–H and O–H groups in total. The van der Waals surface area contributed by atoms with Crippen LogP contribution in [0.5, 0.6) is 0 Å². The Morgan fingerprint density at radius 2 is 1.51 bits per heavy atom. The second-order valence-corrected chi connectivity index (χ2v) is 16.4. The van der Waals surface area contributed by atoms with E-state index in [0.29, 0.717) is 28.6 Å². The Hall–Kier alpha value is -1.50. The van der Waals surface area contributed by atoms with Crippen LogP contribution in [0.25, 0.3) is 0 Å². The molecule has 9 atom stereocenters. The van der Waals surface area contributed by atoms with Gasteiger partial charge in [-0.25, -0.2) is 0 Å². The van der Waals surface area contributed by atoms with E-state index < -0.39 is 5.41 Å². The fourth-order valence-electron chi connectivity index (χ4n) is 11.9. The highest BCUT2D eigenvalue weighted by Crippen LogP contribution is 2.76. The van der Waals surface area contributed by atoms with Gasteiger partial charge in [-0.3, -0.25) is 9.59 Å². The first-order chi connectivity index (χ1) is 19.1. The normalized spacial score (nSPS) is 44.4. The average molecular weight is 569 g/mol. The van der Waals surface area contributed by atoms with Crippen LogP contribution in [-0.2, 0) is 19.1 Å². The molecule has 0 aromatic heterocycles. The van der Waals surface area contributed by atoms with E-state index in [4.69, 9.17) is 15.9 Å². The summed E-state index contributed by atoms with van der Waals surface area (Å²) in [6, 6.07) is 0. The summed E-state index contributed by atoms with van der Waals surface area (Å²) in [4.78, 5) is 25.2. The van der Waals surface area contributed by atoms with E-state index >= 15 is 0 Å². The molecule has 4 heteroatoms. The molecule has 0 aliphatic heterocycles. The molecule has 0 bridgehead atoms. The lowest BCUT2D eigenvalue weighted by Gasteiger charge is -2.72. The van der Waals surface area contributed by atoms with E-state index in [1.165, 1.54) is 64.9 Å². The molecule has 0 aromatic rings. The van der Waals surface area contributed by atoms with Crippen molar-refractivity contribution in [2.45, 2.75) is 145 Å². The fraction of sp³-hybridized carbons (Fsp3) is 0.892. The molecule has 232 valence electrons. The summed E-state index contributed by atoms with van der Waals surface area (Å²) in [7, 11) is 1.37. The monoisotopic (exact) mass is 568 g/mol. The molecule has 5 aliphatic rings. The zero-order chi connectivity index (χ0) is 30.6. The number of terminal acetylenes is 1. The van der Waals surface area contributed by atoms with Crippen LogP contribution in [-0.4, -0.2) is 25.2 Å². The summed E-state index contributed by atoms with van der Waals surface area (Å²) in [6.45, 7) is 20.1. The molecule has 0 saturated heterocycles. The van der Waals surface area contributed by atoms with Crippen LogP contribution < -0.4 is 0 Å². The van der Waals surface area contributed by atoms with Gasteiger partial charge in [0.25, 0.3) is 0 Å². The van der Waals surface area contributed by atoms with Gasteiger partial charge in [0.1, 0.15) is 6.10 Å². The maximum atomic E-state index is 13.1. The molecular formula is C37H60O4. The van der Waals surface area contributed by atoms with Crippen LogP contribution >= 0.6 is 0 Å². The predicted octanol–water partition coefficient (Wildman–Crippen LogP) is 9.00. The second-order valence-electron chi connectivity index (χ2n) is 16.4. The van der Waals surface area contributed by atoms with Crippen LogP contribution in [0.1, 0.15) is 139 Å². The number of carbonyl (C=O) groups excluding carboxylic acids is 2. The van der Waals surface area contributed by atoms with Crippen LogP contribution in [0.15, 0.2) is 0 Å². The number of carbonyl (C=O) groups is 2. The maximum absolute atomic E-state index is 13.1. The third-order valence-corrected chi connectivity index (χ3v) is 14.2. The van der Waals surface area contributed by atoms with Crippen molar-refractivity contribution in [3.05, 3.63) is 0 Å². The zero-order valence-corrected chi connectivity index (χ0v) is 28.1. The third kappa shape index (κ3) is 4.70. The van der Waals surface area contributed by atoms with Gasteiger partial charge < -0.3 is 9.47 Å². The minimum absolute atomic E-state index is 0.0505. The van der Waals surface area contributed by atoms with E-state index in [1.54, 1.807) is 13.8 Å². The lowest BCUT2D eigenvalue weighted by atomic mass is 9.32. The van der Waals surface area contributed by atoms with Gasteiger partial charge in [0.05, 0.1) is 18.9 Å². The maximum Gasteiger partial charge on any atom is 0.311 e. The largest absolute Gasteiger partial charge is 0.469 e. The lowest BCUT2D eigenvalue weighted by Crippen LogP contribution is -2.66. The Labute approximate surface area is 251 Å². The average Bonchev–Trinajstić information content (AvgIpc) is 3.36. The third-order valence-electron chi connectivity index (χ3n) is 14.2. The van der Waals surface area contributed by atoms with E-state index in [0.717, 1.165) is 18.8 Å². The van der Waals surface area contributed by atoms with Crippen molar-refractivity contribution < 1.29 is 19.1 Å². The topological polar surface area (TPSA) is 52.6 Å². The molecule has 4 nitrogen and oxygen atoms in total. The van der Waals surface area contributed by atoms with Gasteiger partial charge in [0.15, 0.2) is 0 Å². The van der Waals surface area contributed by atoms with Gasteiger partial charge >= 0.3 is 11.9 Å². The minimum Gasteiger partial charge on any atom is -0.469 e. The van der Waals surface area contributed by atoms with Crippen molar-refractivity contribution in [1.82, 2.24) is 0 Å². The second kappa shape index (κ2) is 10.9. The Morgan fingerprint density at radius 1 is 0.829 bits per heavy atom. The van der Waals surface area contributed by atoms with Gasteiger partial charge in [-0.05, 0) is 118 Å². The molecular weight excluding hydrogens is 508 g/mol. The summed E-state index contributed by atoms with van der Waals surface area (Å²) in [5, 5.41) is 0. The molecule has 0 heterocycles. The predicted molar refractivity (Wildman–Crippen MR) is 166 cm³/mol. The van der Waals surface area contributed by atoms with Crippen molar-refractivity contribution in [3.8, 4) is 12.3 Å². The first-order valence-corrected chi connectivity index (χ1v) is 16.9. The summed E-state index contributed by atoms with van der Waals surface area (Å²) in [5.41, 5.74) is 0.112. The molecule has 5 fully saturated rings. The van der Waals surface area contributed by atoms with Crippen molar-refractivity contribution in [1.29, 1.82) is 0 Å². The van der Waals surface area contributed by atoms with E-state index in [1.807, 2.05) is 13.8 Å². The van der Waals surface area contributed by atoms with Crippen molar-refractivity contribution in [3.63, 3.8) is 0 Å². The number of hydrogen-bond donors (Lipinski definition) is 0. The van der Waals surface area contributed by atoms with E-state index in [-0.39, 0.29) is 40.7 Å². The summed E-state index contributed by atoms with van der Waals surface area (Å²) >= 11 is 0.